The van der Waals surface area contributed by atoms with Crippen molar-refractivity contribution in [1.82, 2.24) is 9.78 Å². The standard InChI is InChI=1S/C11H13ClN4O3S/c1-16-6-10(11(13)14-16)20(17,18)15-8-5-7(12)3-4-9(8)19-2/h3-6,15H,1-2H3,(H2,13,14). The van der Waals surface area contributed by atoms with Crippen molar-refractivity contribution >= 4 is 33.1 Å². The molecule has 1 heterocycles. The Kier molecular flexibility index (Phi) is 3.78. The number of ether oxygens (including phenoxy) is 1. The SMILES string of the molecule is COc1ccc(Cl)cc1NS(=O)(=O)c1cn(C)nc1N. The van der Waals surface area contributed by atoms with Gasteiger partial charge in [0.15, 0.2) is 5.82 Å². The molecule has 0 aliphatic heterocycles. The van der Waals surface area contributed by atoms with Crippen LogP contribution in [0.2, 0.25) is 5.02 Å². The van der Waals surface area contributed by atoms with Crippen LogP contribution >= 0.6 is 11.6 Å². The summed E-state index contributed by atoms with van der Waals surface area (Å²) in [6.45, 7) is 0. The Hall–Kier alpha value is -1.93. The summed E-state index contributed by atoms with van der Waals surface area (Å²) in [6.07, 6.45) is 1.31. The van der Waals surface area contributed by atoms with Crippen LogP contribution in [0.3, 0.4) is 0 Å². The van der Waals surface area contributed by atoms with Gasteiger partial charge in [-0.25, -0.2) is 8.42 Å². The van der Waals surface area contributed by atoms with E-state index in [2.05, 4.69) is 9.82 Å². The summed E-state index contributed by atoms with van der Waals surface area (Å²) in [5.41, 5.74) is 5.80. The largest absolute Gasteiger partial charge is 0.495 e. The van der Waals surface area contributed by atoms with Gasteiger partial charge in [0, 0.05) is 18.3 Å². The maximum Gasteiger partial charge on any atom is 0.267 e. The molecule has 9 heteroatoms. The molecule has 2 aromatic rings. The molecule has 0 fully saturated rings. The minimum atomic E-state index is -3.87. The van der Waals surface area contributed by atoms with Gasteiger partial charge in [-0.3, -0.25) is 9.40 Å². The van der Waals surface area contributed by atoms with Gasteiger partial charge in [-0.05, 0) is 18.2 Å². The number of nitrogen functional groups attached to an aromatic ring is 1. The van der Waals surface area contributed by atoms with Crippen molar-refractivity contribution in [2.75, 3.05) is 17.6 Å². The van der Waals surface area contributed by atoms with Crippen molar-refractivity contribution in [2.24, 2.45) is 7.05 Å². The fourth-order valence-corrected chi connectivity index (χ4v) is 2.99. The van der Waals surface area contributed by atoms with Gasteiger partial charge >= 0.3 is 0 Å². The highest BCUT2D eigenvalue weighted by Gasteiger charge is 2.22. The first-order chi connectivity index (χ1) is 9.33. The first-order valence-corrected chi connectivity index (χ1v) is 7.35. The van der Waals surface area contributed by atoms with Crippen LogP contribution in [0.25, 0.3) is 0 Å². The minimum absolute atomic E-state index is 0.0824. The Bertz CT molecular complexity index is 742. The van der Waals surface area contributed by atoms with Crippen molar-refractivity contribution < 1.29 is 13.2 Å². The highest BCUT2D eigenvalue weighted by atomic mass is 35.5. The van der Waals surface area contributed by atoms with Gasteiger partial charge in [-0.1, -0.05) is 11.6 Å². The zero-order valence-electron chi connectivity index (χ0n) is 10.8. The zero-order valence-corrected chi connectivity index (χ0v) is 12.4. The van der Waals surface area contributed by atoms with Crippen LogP contribution in [0.4, 0.5) is 11.5 Å². The second-order valence-corrected chi connectivity index (χ2v) is 6.09. The molecule has 3 N–H and O–H groups in total. The van der Waals surface area contributed by atoms with Crippen LogP contribution in [0, 0.1) is 0 Å². The van der Waals surface area contributed by atoms with Crippen molar-refractivity contribution in [3.8, 4) is 5.75 Å². The Morgan fingerprint density at radius 3 is 2.70 bits per heavy atom. The molecule has 0 spiro atoms. The molecule has 2 rings (SSSR count). The number of anilines is 2. The molecule has 1 aromatic carbocycles. The molecule has 20 heavy (non-hydrogen) atoms. The number of aromatic nitrogens is 2. The Morgan fingerprint density at radius 1 is 1.45 bits per heavy atom. The average Bonchev–Trinajstić information content (AvgIpc) is 2.69. The molecule has 7 nitrogen and oxygen atoms in total. The summed E-state index contributed by atoms with van der Waals surface area (Å²) < 4.78 is 33.3. The lowest BCUT2D eigenvalue weighted by Crippen LogP contribution is -2.14. The summed E-state index contributed by atoms with van der Waals surface area (Å²) in [5, 5.41) is 4.17. The van der Waals surface area contributed by atoms with Crippen LogP contribution < -0.4 is 15.2 Å². The molecular weight excluding hydrogens is 304 g/mol. The van der Waals surface area contributed by atoms with Gasteiger partial charge < -0.3 is 10.5 Å². The van der Waals surface area contributed by atoms with Crippen molar-refractivity contribution in [2.45, 2.75) is 4.90 Å². The number of hydrogen-bond acceptors (Lipinski definition) is 5. The number of methoxy groups -OCH3 is 1. The summed E-state index contributed by atoms with van der Waals surface area (Å²) in [5.74, 6) is 0.265. The van der Waals surface area contributed by atoms with Gasteiger partial charge in [-0.15, -0.1) is 0 Å². The first-order valence-electron chi connectivity index (χ1n) is 5.49. The predicted molar refractivity (Wildman–Crippen MR) is 76.4 cm³/mol. The molecule has 0 unspecified atom stereocenters. The number of nitrogens with one attached hydrogen (secondary N) is 1. The van der Waals surface area contributed by atoms with Crippen LogP contribution in [-0.2, 0) is 17.1 Å². The number of hydrogen-bond donors (Lipinski definition) is 2. The van der Waals surface area contributed by atoms with Gasteiger partial charge in [-0.2, -0.15) is 5.10 Å². The van der Waals surface area contributed by atoms with Gasteiger partial charge in [0.2, 0.25) is 0 Å². The molecule has 0 aliphatic carbocycles. The smallest absolute Gasteiger partial charge is 0.267 e. The normalized spacial score (nSPS) is 11.3. The number of rotatable bonds is 4. The average molecular weight is 317 g/mol. The quantitative estimate of drug-likeness (QED) is 0.889. The molecule has 0 radical (unpaired) electrons. The summed E-state index contributed by atoms with van der Waals surface area (Å²) in [7, 11) is -0.861. The number of nitrogens with zero attached hydrogens (tertiary/aromatic N) is 2. The van der Waals surface area contributed by atoms with Crippen molar-refractivity contribution in [3.05, 3.63) is 29.4 Å². The van der Waals surface area contributed by atoms with Crippen molar-refractivity contribution in [1.29, 1.82) is 0 Å². The van der Waals surface area contributed by atoms with E-state index in [1.54, 1.807) is 19.2 Å². The third-order valence-corrected chi connectivity index (χ3v) is 4.13. The number of nitrogens with two attached hydrogens (primary N) is 1. The maximum absolute atomic E-state index is 12.3. The fourth-order valence-electron chi connectivity index (χ4n) is 1.65. The molecule has 108 valence electrons. The van der Waals surface area contributed by atoms with Gasteiger partial charge in [0.1, 0.15) is 10.6 Å². The monoisotopic (exact) mass is 316 g/mol. The lowest BCUT2D eigenvalue weighted by atomic mass is 10.3. The number of benzene rings is 1. The summed E-state index contributed by atoms with van der Waals surface area (Å²) >= 11 is 5.85. The summed E-state index contributed by atoms with van der Waals surface area (Å²) in [4.78, 5) is -0.109. The molecule has 0 atom stereocenters. The van der Waals surface area contributed by atoms with E-state index in [4.69, 9.17) is 22.1 Å². The van der Waals surface area contributed by atoms with Crippen LogP contribution in [-0.4, -0.2) is 25.3 Å². The van der Waals surface area contributed by atoms with E-state index in [1.807, 2.05) is 0 Å². The van der Waals surface area contributed by atoms with Gasteiger partial charge in [0.25, 0.3) is 10.0 Å². The van der Waals surface area contributed by atoms with Crippen LogP contribution in [0.1, 0.15) is 0 Å². The van der Waals surface area contributed by atoms with Gasteiger partial charge in [0.05, 0.1) is 12.8 Å². The number of halogens is 1. The third kappa shape index (κ3) is 2.81. The third-order valence-electron chi connectivity index (χ3n) is 2.52. The molecule has 0 saturated heterocycles. The van der Waals surface area contributed by atoms with Crippen LogP contribution in [0.5, 0.6) is 5.75 Å². The van der Waals surface area contributed by atoms with E-state index in [9.17, 15) is 8.42 Å². The molecule has 0 bridgehead atoms. The summed E-state index contributed by atoms with van der Waals surface area (Å²) in [6, 6.07) is 4.61. The second kappa shape index (κ2) is 5.22. The van der Waals surface area contributed by atoms with E-state index in [1.165, 1.54) is 24.1 Å². The molecule has 0 saturated carbocycles. The lowest BCUT2D eigenvalue weighted by molar-refractivity contribution is 0.417. The van der Waals surface area contributed by atoms with E-state index in [0.717, 1.165) is 0 Å². The van der Waals surface area contributed by atoms with Crippen molar-refractivity contribution in [3.63, 3.8) is 0 Å². The highest BCUT2D eigenvalue weighted by molar-refractivity contribution is 7.92. The lowest BCUT2D eigenvalue weighted by Gasteiger charge is -2.11. The van der Waals surface area contributed by atoms with E-state index in [-0.39, 0.29) is 16.4 Å². The van der Waals surface area contributed by atoms with E-state index >= 15 is 0 Å². The molecule has 1 aromatic heterocycles. The minimum Gasteiger partial charge on any atom is -0.495 e. The first kappa shape index (κ1) is 14.5. The second-order valence-electron chi connectivity index (χ2n) is 4.00. The molecular formula is C11H13ClN4O3S. The highest BCUT2D eigenvalue weighted by Crippen LogP contribution is 2.30. The van der Waals surface area contributed by atoms with E-state index < -0.39 is 10.0 Å². The fraction of sp³-hybridized carbons (Fsp3) is 0.182. The Morgan fingerprint density at radius 2 is 2.15 bits per heavy atom. The molecule has 0 aliphatic rings. The number of aryl methyl sites for hydroxylation is 1. The maximum atomic E-state index is 12.3. The Labute approximate surface area is 121 Å². The van der Waals surface area contributed by atoms with Crippen LogP contribution in [0.15, 0.2) is 29.3 Å². The zero-order chi connectivity index (χ0) is 14.9. The predicted octanol–water partition coefficient (Wildman–Crippen LogP) is 1.47. The molecule has 0 amide bonds. The van der Waals surface area contributed by atoms with E-state index in [0.29, 0.717) is 10.8 Å². The Balaban J connectivity index is 2.43. The topological polar surface area (TPSA) is 99.2 Å². The number of sulfonamides is 1.